The van der Waals surface area contributed by atoms with Gasteiger partial charge in [0, 0.05) is 34.4 Å². The second-order valence-electron chi connectivity index (χ2n) is 14.4. The Morgan fingerprint density at radius 1 is 0.667 bits per heavy atom. The molecular formula is C36H38F8N10O3. The van der Waals surface area contributed by atoms with Gasteiger partial charge in [-0.05, 0) is 49.2 Å². The van der Waals surface area contributed by atoms with Crippen molar-refractivity contribution in [3.05, 3.63) is 101 Å². The maximum atomic E-state index is 14.3. The van der Waals surface area contributed by atoms with Crippen LogP contribution in [0.3, 0.4) is 0 Å². The lowest BCUT2D eigenvalue weighted by molar-refractivity contribution is -0.275. The van der Waals surface area contributed by atoms with Crippen molar-refractivity contribution in [2.24, 2.45) is 10.8 Å². The molecule has 13 nitrogen and oxygen atoms in total. The van der Waals surface area contributed by atoms with Crippen LogP contribution in [0.2, 0.25) is 0 Å². The van der Waals surface area contributed by atoms with Crippen LogP contribution < -0.4 is 15.4 Å². The number of nitrogens with one attached hydrogen (secondary N) is 2. The largest absolute Gasteiger partial charge is 0.573 e. The van der Waals surface area contributed by atoms with Gasteiger partial charge in [-0.15, -0.1) is 13.2 Å². The average Bonchev–Trinajstić information content (AvgIpc) is 3.79. The third-order valence-electron chi connectivity index (χ3n) is 8.87. The third kappa shape index (κ3) is 9.82. The van der Waals surface area contributed by atoms with Gasteiger partial charge >= 0.3 is 12.5 Å². The van der Waals surface area contributed by atoms with Gasteiger partial charge in [-0.1, -0.05) is 39.8 Å². The topological polar surface area (TPSA) is 160 Å². The number of halogens is 8. The van der Waals surface area contributed by atoms with E-state index in [0.717, 1.165) is 18.2 Å². The number of aryl methyl sites for hydroxylation is 2. The van der Waals surface area contributed by atoms with E-state index in [9.17, 15) is 45.3 Å². The molecule has 4 aromatic heterocycles. The third-order valence-corrected chi connectivity index (χ3v) is 8.87. The fourth-order valence-corrected chi connectivity index (χ4v) is 5.85. The van der Waals surface area contributed by atoms with E-state index in [0.29, 0.717) is 46.2 Å². The first kappa shape index (κ1) is 42.4. The van der Waals surface area contributed by atoms with Gasteiger partial charge in [0.05, 0.1) is 30.9 Å². The Morgan fingerprint density at radius 2 is 1.11 bits per heavy atom. The molecular weight excluding hydrogens is 772 g/mol. The number of hydrogen-bond donors (Lipinski definition) is 4. The molecule has 4 heterocycles. The molecule has 21 heteroatoms. The minimum absolute atomic E-state index is 0.257. The van der Waals surface area contributed by atoms with E-state index >= 15 is 0 Å². The first-order valence-electron chi connectivity index (χ1n) is 17.0. The van der Waals surface area contributed by atoms with Crippen LogP contribution >= 0.6 is 0 Å². The fraction of sp³-hybridized carbons (Fsp3) is 0.389. The number of aromatic nitrogens is 8. The maximum Gasteiger partial charge on any atom is 0.573 e. The zero-order valence-electron chi connectivity index (χ0n) is 31.2. The normalized spacial score (nSPS) is 13.6. The van der Waals surface area contributed by atoms with Gasteiger partial charge in [-0.25, -0.2) is 18.7 Å². The molecule has 0 saturated carbocycles. The molecule has 306 valence electrons. The van der Waals surface area contributed by atoms with E-state index in [-0.39, 0.29) is 18.8 Å². The molecule has 2 aromatic carbocycles. The van der Waals surface area contributed by atoms with Crippen LogP contribution in [0.1, 0.15) is 67.9 Å². The number of aliphatic hydroxyl groups excluding tert-OH is 2. The average molecular weight is 811 g/mol. The molecule has 0 bridgehead atoms. The number of alkyl halides is 6. The van der Waals surface area contributed by atoms with Crippen molar-refractivity contribution >= 4 is 23.2 Å². The Hall–Kier alpha value is -5.70. The fourth-order valence-electron chi connectivity index (χ4n) is 5.85. The van der Waals surface area contributed by atoms with Crippen molar-refractivity contribution in [1.29, 1.82) is 0 Å². The van der Waals surface area contributed by atoms with Crippen molar-refractivity contribution in [3.8, 4) is 5.75 Å². The van der Waals surface area contributed by atoms with Crippen LogP contribution in [0.15, 0.2) is 61.2 Å². The van der Waals surface area contributed by atoms with Gasteiger partial charge in [-0.2, -0.15) is 42.4 Å². The molecule has 0 spiro atoms. The summed E-state index contributed by atoms with van der Waals surface area (Å²) in [5.41, 5.74) is -1.13. The Bertz CT molecular complexity index is 2340. The molecule has 0 aliphatic heterocycles. The summed E-state index contributed by atoms with van der Waals surface area (Å²) < 4.78 is 111. The molecule has 0 radical (unpaired) electrons. The minimum Gasteiger partial charge on any atom is -0.403 e. The van der Waals surface area contributed by atoms with Crippen LogP contribution in [0.25, 0.3) is 11.6 Å². The monoisotopic (exact) mass is 810 g/mol. The molecule has 0 aliphatic carbocycles. The summed E-state index contributed by atoms with van der Waals surface area (Å²) in [6.07, 6.45) is -7.15. The highest BCUT2D eigenvalue weighted by atomic mass is 19.4. The summed E-state index contributed by atoms with van der Waals surface area (Å²) in [5.74, 6) is -1.85. The van der Waals surface area contributed by atoms with Gasteiger partial charge < -0.3 is 25.6 Å². The van der Waals surface area contributed by atoms with E-state index in [1.54, 1.807) is 53.7 Å². The van der Waals surface area contributed by atoms with Crippen LogP contribution in [-0.2, 0) is 6.18 Å². The van der Waals surface area contributed by atoms with Crippen LogP contribution in [0, 0.1) is 36.3 Å². The summed E-state index contributed by atoms with van der Waals surface area (Å²) in [4.78, 5) is 16.5. The standard InChI is InChI=1S/C18H19F4N5O2.C18H19F4N5O/c1-10-6-14(27-16(25-10)23-9-24-27)26-15(17(2,3)8-28)11-4-5-13(12(19)7-11)29-18(20,21)22;1-10-6-14(27-16(25-10)23-9-24-27)26-15(17(2,3)8-28)11-4-5-12(13(19)7-11)18(20,21)22/h4-7,9,15,26,28H,8H2,1-3H3;4-7,9,15,26,28H,8H2,1-3H3. The van der Waals surface area contributed by atoms with E-state index in [4.69, 9.17) is 0 Å². The lowest BCUT2D eigenvalue weighted by Gasteiger charge is -2.34. The van der Waals surface area contributed by atoms with Crippen LogP contribution in [-0.4, -0.2) is 69.0 Å². The first-order valence-corrected chi connectivity index (χ1v) is 17.0. The van der Waals surface area contributed by atoms with Gasteiger partial charge in [0.1, 0.15) is 30.1 Å². The van der Waals surface area contributed by atoms with Crippen molar-refractivity contribution in [2.75, 3.05) is 23.8 Å². The highest BCUT2D eigenvalue weighted by Crippen LogP contribution is 2.40. The predicted octanol–water partition coefficient (Wildman–Crippen LogP) is 7.40. The lowest BCUT2D eigenvalue weighted by atomic mass is 9.80. The highest BCUT2D eigenvalue weighted by molar-refractivity contribution is 5.49. The second kappa shape index (κ2) is 16.0. The highest BCUT2D eigenvalue weighted by Gasteiger charge is 2.37. The van der Waals surface area contributed by atoms with Crippen molar-refractivity contribution < 1.29 is 50.1 Å². The number of fused-ring (bicyclic) bond motifs is 2. The number of ether oxygens (including phenoxy) is 1. The summed E-state index contributed by atoms with van der Waals surface area (Å²) in [6, 6.07) is 7.88. The zero-order chi connectivity index (χ0) is 42.1. The number of aliphatic hydroxyl groups is 2. The number of benzene rings is 2. The van der Waals surface area contributed by atoms with Crippen molar-refractivity contribution in [1.82, 2.24) is 39.2 Å². The first-order chi connectivity index (χ1) is 26.5. The summed E-state index contributed by atoms with van der Waals surface area (Å²) in [6.45, 7) is 9.83. The molecule has 2 atom stereocenters. The van der Waals surface area contributed by atoms with Crippen LogP contribution in [0.4, 0.5) is 46.8 Å². The Kier molecular flexibility index (Phi) is 11.9. The molecule has 0 fully saturated rings. The second-order valence-corrected chi connectivity index (χ2v) is 14.4. The summed E-state index contributed by atoms with van der Waals surface area (Å²) in [7, 11) is 0. The van der Waals surface area contributed by atoms with Crippen LogP contribution in [0.5, 0.6) is 5.75 Å². The molecule has 0 saturated heterocycles. The van der Waals surface area contributed by atoms with Crippen molar-refractivity contribution in [3.63, 3.8) is 0 Å². The molecule has 0 amide bonds. The zero-order valence-corrected chi connectivity index (χ0v) is 31.2. The van der Waals surface area contributed by atoms with E-state index in [1.807, 2.05) is 0 Å². The quantitative estimate of drug-likeness (QED) is 0.0966. The van der Waals surface area contributed by atoms with Crippen molar-refractivity contribution in [2.45, 2.75) is 66.2 Å². The Morgan fingerprint density at radius 3 is 1.49 bits per heavy atom. The maximum absolute atomic E-state index is 14.3. The van der Waals surface area contributed by atoms with Gasteiger partial charge in [0.15, 0.2) is 11.6 Å². The Balaban J connectivity index is 0.000000218. The van der Waals surface area contributed by atoms with E-state index in [2.05, 4.69) is 45.5 Å². The molecule has 6 rings (SSSR count). The summed E-state index contributed by atoms with van der Waals surface area (Å²) >= 11 is 0. The number of nitrogens with zero attached hydrogens (tertiary/aromatic N) is 8. The van der Waals surface area contributed by atoms with Gasteiger partial charge in [0.2, 0.25) is 0 Å². The van der Waals surface area contributed by atoms with Gasteiger partial charge in [-0.3, -0.25) is 0 Å². The molecule has 4 N–H and O–H groups in total. The molecule has 57 heavy (non-hydrogen) atoms. The molecule has 2 unspecified atom stereocenters. The number of rotatable bonds is 11. The van der Waals surface area contributed by atoms with E-state index in [1.165, 1.54) is 33.8 Å². The van der Waals surface area contributed by atoms with Gasteiger partial charge in [0.25, 0.3) is 11.6 Å². The summed E-state index contributed by atoms with van der Waals surface area (Å²) in [5, 5.41) is 34.2. The molecule has 6 aromatic rings. The SMILES string of the molecule is Cc1cc(NC(c2ccc(C(F)(F)F)c(F)c2)C(C)(C)CO)n2ncnc2n1.Cc1cc(NC(c2ccc(OC(F)(F)F)c(F)c2)C(C)(C)CO)n2ncnc2n1. The smallest absolute Gasteiger partial charge is 0.403 e. The number of hydrogen-bond acceptors (Lipinski definition) is 11. The lowest BCUT2D eigenvalue weighted by Crippen LogP contribution is -2.32. The van der Waals surface area contributed by atoms with E-state index < -0.39 is 58.4 Å². The molecule has 0 aliphatic rings. The predicted molar refractivity (Wildman–Crippen MR) is 190 cm³/mol. The minimum atomic E-state index is -5.00. The number of anilines is 2. The Labute approximate surface area is 319 Å².